The van der Waals surface area contributed by atoms with Crippen LogP contribution in [0.3, 0.4) is 0 Å². The number of amides is 1. The summed E-state index contributed by atoms with van der Waals surface area (Å²) in [6.07, 6.45) is 1.50. The summed E-state index contributed by atoms with van der Waals surface area (Å²) in [4.78, 5) is 32.9. The van der Waals surface area contributed by atoms with E-state index in [0.29, 0.717) is 18.1 Å². The summed E-state index contributed by atoms with van der Waals surface area (Å²) in [5, 5.41) is 6.96. The van der Waals surface area contributed by atoms with Gasteiger partial charge in [0.2, 0.25) is 5.95 Å². The summed E-state index contributed by atoms with van der Waals surface area (Å²) in [5.41, 5.74) is 9.90. The molecular formula is C22H28N6O3. The zero-order valence-electron chi connectivity index (χ0n) is 18.3. The Kier molecular flexibility index (Phi) is 6.84. The zero-order chi connectivity index (χ0) is 22.5. The molecule has 0 fully saturated rings. The van der Waals surface area contributed by atoms with Gasteiger partial charge in [-0.2, -0.15) is 9.50 Å². The van der Waals surface area contributed by atoms with E-state index in [9.17, 15) is 9.59 Å². The Balaban J connectivity index is 1.55. The highest BCUT2D eigenvalue weighted by Crippen LogP contribution is 2.26. The molecule has 0 spiro atoms. The van der Waals surface area contributed by atoms with Crippen LogP contribution >= 0.6 is 0 Å². The number of aryl methyl sites for hydroxylation is 2. The van der Waals surface area contributed by atoms with Gasteiger partial charge < -0.3 is 15.8 Å². The maximum absolute atomic E-state index is 12.3. The smallest absolute Gasteiger partial charge is 0.306 e. The predicted octanol–water partition coefficient (Wildman–Crippen LogP) is 2.95. The minimum Gasteiger partial charge on any atom is -0.456 e. The molecule has 164 valence electrons. The number of carbonyl (C=O) groups is 2. The van der Waals surface area contributed by atoms with Crippen LogP contribution in [0.4, 0.5) is 11.6 Å². The summed E-state index contributed by atoms with van der Waals surface area (Å²) in [7, 11) is 0. The van der Waals surface area contributed by atoms with Gasteiger partial charge in [0.1, 0.15) is 0 Å². The molecule has 0 aliphatic rings. The number of nitrogens with one attached hydrogen (secondary N) is 1. The molecule has 3 rings (SSSR count). The van der Waals surface area contributed by atoms with E-state index in [0.717, 1.165) is 34.6 Å². The van der Waals surface area contributed by atoms with Crippen LogP contribution in [0.25, 0.3) is 5.78 Å². The van der Waals surface area contributed by atoms with Crippen molar-refractivity contribution in [2.24, 2.45) is 0 Å². The number of esters is 1. The van der Waals surface area contributed by atoms with Gasteiger partial charge in [0, 0.05) is 23.5 Å². The van der Waals surface area contributed by atoms with E-state index in [1.807, 2.05) is 38.1 Å². The molecule has 2 aromatic heterocycles. The highest BCUT2D eigenvalue weighted by Gasteiger charge is 2.16. The Labute approximate surface area is 181 Å². The molecule has 0 aliphatic carbocycles. The fourth-order valence-corrected chi connectivity index (χ4v) is 3.48. The molecule has 0 saturated carbocycles. The van der Waals surface area contributed by atoms with Crippen molar-refractivity contribution >= 4 is 29.3 Å². The van der Waals surface area contributed by atoms with Crippen molar-refractivity contribution in [1.82, 2.24) is 19.6 Å². The first-order valence-electron chi connectivity index (χ1n) is 10.3. The van der Waals surface area contributed by atoms with Gasteiger partial charge in [0.25, 0.3) is 11.7 Å². The van der Waals surface area contributed by atoms with Crippen molar-refractivity contribution in [3.05, 3.63) is 46.8 Å². The van der Waals surface area contributed by atoms with Gasteiger partial charge in [-0.25, -0.2) is 4.98 Å². The van der Waals surface area contributed by atoms with Crippen LogP contribution in [-0.4, -0.2) is 38.1 Å². The SMILES string of the molecule is CC[C@H](C)c1ccccc1NC(=O)COC(=O)CCc1c(C)nc2nc(N)nn2c1C. The molecule has 2 heterocycles. The number of fused-ring (bicyclic) bond motifs is 1. The lowest BCUT2D eigenvalue weighted by Crippen LogP contribution is -2.22. The van der Waals surface area contributed by atoms with Crippen LogP contribution in [0, 0.1) is 13.8 Å². The number of nitrogen functional groups attached to an aromatic ring is 1. The number of ether oxygens (including phenoxy) is 1. The van der Waals surface area contributed by atoms with Crippen LogP contribution in [0.2, 0.25) is 0 Å². The lowest BCUT2D eigenvalue weighted by Gasteiger charge is -2.15. The maximum atomic E-state index is 12.3. The molecule has 1 aromatic carbocycles. The molecule has 0 aliphatic heterocycles. The quantitative estimate of drug-likeness (QED) is 0.533. The van der Waals surface area contributed by atoms with Crippen LogP contribution in [-0.2, 0) is 20.7 Å². The molecule has 3 aromatic rings. The zero-order valence-corrected chi connectivity index (χ0v) is 18.3. The van der Waals surface area contributed by atoms with Gasteiger partial charge in [-0.05, 0) is 49.8 Å². The van der Waals surface area contributed by atoms with Gasteiger partial charge in [-0.15, -0.1) is 5.10 Å². The summed E-state index contributed by atoms with van der Waals surface area (Å²) in [6, 6.07) is 7.66. The second-order valence-electron chi connectivity index (χ2n) is 7.55. The van der Waals surface area contributed by atoms with Crippen LogP contribution in [0.15, 0.2) is 24.3 Å². The largest absolute Gasteiger partial charge is 0.456 e. The van der Waals surface area contributed by atoms with Crippen molar-refractivity contribution in [2.45, 2.75) is 52.9 Å². The summed E-state index contributed by atoms with van der Waals surface area (Å²) < 4.78 is 6.73. The number of nitrogens with two attached hydrogens (primary N) is 1. The summed E-state index contributed by atoms with van der Waals surface area (Å²) in [6.45, 7) is 7.59. The molecule has 9 heteroatoms. The van der Waals surface area contributed by atoms with Crippen molar-refractivity contribution < 1.29 is 14.3 Å². The minimum absolute atomic E-state index is 0.121. The number of hydrogen-bond donors (Lipinski definition) is 2. The average molecular weight is 425 g/mol. The average Bonchev–Trinajstić information content (AvgIpc) is 3.12. The number of para-hydroxylation sites is 1. The highest BCUT2D eigenvalue weighted by atomic mass is 16.5. The molecule has 0 unspecified atom stereocenters. The number of nitrogens with zero attached hydrogens (tertiary/aromatic N) is 4. The molecule has 1 atom stereocenters. The first-order chi connectivity index (χ1) is 14.8. The molecule has 3 N–H and O–H groups in total. The Morgan fingerprint density at radius 3 is 2.71 bits per heavy atom. The van der Waals surface area contributed by atoms with Crippen molar-refractivity contribution in [3.8, 4) is 0 Å². The van der Waals surface area contributed by atoms with Gasteiger partial charge in [0.05, 0.1) is 0 Å². The van der Waals surface area contributed by atoms with E-state index in [1.165, 1.54) is 0 Å². The van der Waals surface area contributed by atoms with E-state index < -0.39 is 5.97 Å². The molecule has 31 heavy (non-hydrogen) atoms. The van der Waals surface area contributed by atoms with E-state index in [2.05, 4.69) is 34.2 Å². The third-order valence-electron chi connectivity index (χ3n) is 5.39. The van der Waals surface area contributed by atoms with Gasteiger partial charge >= 0.3 is 5.97 Å². The lowest BCUT2D eigenvalue weighted by atomic mass is 9.97. The van der Waals surface area contributed by atoms with Crippen LogP contribution in [0.1, 0.15) is 55.1 Å². The van der Waals surface area contributed by atoms with Crippen LogP contribution in [0.5, 0.6) is 0 Å². The van der Waals surface area contributed by atoms with Crippen LogP contribution < -0.4 is 11.1 Å². The first-order valence-corrected chi connectivity index (χ1v) is 10.3. The second kappa shape index (κ2) is 9.55. The molecular weight excluding hydrogens is 396 g/mol. The fraction of sp³-hybridized carbons (Fsp3) is 0.409. The third-order valence-corrected chi connectivity index (χ3v) is 5.39. The van der Waals surface area contributed by atoms with Crippen molar-refractivity contribution in [2.75, 3.05) is 17.7 Å². The molecule has 0 saturated heterocycles. The van der Waals surface area contributed by atoms with E-state index in [-0.39, 0.29) is 24.9 Å². The summed E-state index contributed by atoms with van der Waals surface area (Å²) in [5.74, 6) is 0.0671. The topological polar surface area (TPSA) is 124 Å². The second-order valence-corrected chi connectivity index (χ2v) is 7.55. The van der Waals surface area contributed by atoms with E-state index in [1.54, 1.807) is 4.52 Å². The number of hydrogen-bond acceptors (Lipinski definition) is 7. The molecule has 0 radical (unpaired) electrons. The van der Waals surface area contributed by atoms with E-state index in [4.69, 9.17) is 10.5 Å². The standard InChI is InChI=1S/C22H28N6O3/c1-5-13(2)16-8-6-7-9-18(16)25-19(29)12-31-20(30)11-10-17-14(3)24-22-26-21(23)27-28(22)15(17)4/h6-9,13H,5,10-12H2,1-4H3,(H2,23,27)(H,25,29)/t13-/m0/s1. The van der Waals surface area contributed by atoms with Crippen molar-refractivity contribution in [1.29, 1.82) is 0 Å². The Bertz CT molecular complexity index is 1110. The number of benzene rings is 1. The number of aromatic nitrogens is 4. The van der Waals surface area contributed by atoms with E-state index >= 15 is 0 Å². The lowest BCUT2D eigenvalue weighted by molar-refractivity contribution is -0.147. The van der Waals surface area contributed by atoms with Gasteiger partial charge in [-0.1, -0.05) is 32.0 Å². The third kappa shape index (κ3) is 5.17. The normalized spacial score (nSPS) is 12.0. The molecule has 1 amide bonds. The molecule has 0 bridgehead atoms. The highest BCUT2D eigenvalue weighted by molar-refractivity contribution is 5.93. The fourth-order valence-electron chi connectivity index (χ4n) is 3.48. The first kappa shape index (κ1) is 22.2. The monoisotopic (exact) mass is 424 g/mol. The van der Waals surface area contributed by atoms with Gasteiger partial charge in [-0.3, -0.25) is 9.59 Å². The summed E-state index contributed by atoms with van der Waals surface area (Å²) >= 11 is 0. The number of carbonyl (C=O) groups excluding carboxylic acids is 2. The van der Waals surface area contributed by atoms with Crippen molar-refractivity contribution in [3.63, 3.8) is 0 Å². The Morgan fingerprint density at radius 1 is 1.23 bits per heavy atom. The molecule has 9 nitrogen and oxygen atoms in total. The predicted molar refractivity (Wildman–Crippen MR) is 118 cm³/mol. The Hall–Kier alpha value is -3.49. The number of rotatable bonds is 8. The maximum Gasteiger partial charge on any atom is 0.306 e. The minimum atomic E-state index is -0.456. The van der Waals surface area contributed by atoms with Gasteiger partial charge in [0.15, 0.2) is 6.61 Å². The Morgan fingerprint density at radius 2 is 1.97 bits per heavy atom. The number of anilines is 2.